The molecule has 0 aromatic heterocycles. The molecule has 0 bridgehead atoms. The fraction of sp³-hybridized carbons (Fsp3) is 0.833. The van der Waals surface area contributed by atoms with Gasteiger partial charge in [0, 0.05) is 0 Å². The highest BCUT2D eigenvalue weighted by Crippen LogP contribution is 1.91. The van der Waals surface area contributed by atoms with Crippen LogP contribution in [-0.4, -0.2) is 19.1 Å². The molecule has 0 atom stereocenters. The predicted octanol–water partition coefficient (Wildman–Crippen LogP) is 0.660. The molecule has 60 valence electrons. The SMILES string of the molecule is CC(C)COC(=O)CNF. The largest absolute Gasteiger partial charge is 0.464 e. The van der Waals surface area contributed by atoms with E-state index in [9.17, 15) is 9.28 Å². The maximum atomic E-state index is 11.2. The molecule has 3 nitrogen and oxygen atoms in total. The molecule has 0 saturated heterocycles. The fourth-order valence-electron chi connectivity index (χ4n) is 0.365. The summed E-state index contributed by atoms with van der Waals surface area (Å²) in [6, 6.07) is 0. The first kappa shape index (κ1) is 9.36. The lowest BCUT2D eigenvalue weighted by molar-refractivity contribution is -0.144. The van der Waals surface area contributed by atoms with Gasteiger partial charge in [0.2, 0.25) is 0 Å². The third-order valence-corrected chi connectivity index (χ3v) is 0.789. The van der Waals surface area contributed by atoms with Crippen LogP contribution in [0, 0.1) is 5.92 Å². The van der Waals surface area contributed by atoms with Gasteiger partial charge in [0.1, 0.15) is 6.54 Å². The Kier molecular flexibility index (Phi) is 4.84. The Morgan fingerprint density at radius 2 is 2.30 bits per heavy atom. The van der Waals surface area contributed by atoms with E-state index in [1.54, 1.807) is 0 Å². The Balaban J connectivity index is 3.22. The van der Waals surface area contributed by atoms with Gasteiger partial charge in [-0.1, -0.05) is 13.8 Å². The molecule has 0 radical (unpaired) electrons. The van der Waals surface area contributed by atoms with E-state index in [0.29, 0.717) is 12.5 Å². The second-order valence-corrected chi connectivity index (χ2v) is 2.39. The van der Waals surface area contributed by atoms with Gasteiger partial charge in [-0.3, -0.25) is 4.79 Å². The molecule has 0 aromatic rings. The van der Waals surface area contributed by atoms with Gasteiger partial charge in [-0.25, -0.2) is 0 Å². The van der Waals surface area contributed by atoms with Crippen molar-refractivity contribution in [3.05, 3.63) is 0 Å². The zero-order valence-corrected chi connectivity index (χ0v) is 6.19. The van der Waals surface area contributed by atoms with E-state index in [0.717, 1.165) is 0 Å². The minimum atomic E-state index is -0.559. The third kappa shape index (κ3) is 5.50. The Morgan fingerprint density at radius 3 is 2.70 bits per heavy atom. The zero-order valence-electron chi connectivity index (χ0n) is 6.19. The first-order valence-electron chi connectivity index (χ1n) is 3.16. The van der Waals surface area contributed by atoms with Crippen molar-refractivity contribution >= 4 is 5.97 Å². The number of ether oxygens (including phenoxy) is 1. The lowest BCUT2D eigenvalue weighted by Crippen LogP contribution is -2.20. The molecule has 0 amide bonds. The molecular formula is C6H12FNO2. The summed E-state index contributed by atoms with van der Waals surface area (Å²) in [5, 5.41) is 0. The van der Waals surface area contributed by atoms with Gasteiger partial charge in [0.15, 0.2) is 0 Å². The summed E-state index contributed by atoms with van der Waals surface area (Å²) >= 11 is 0. The van der Waals surface area contributed by atoms with Crippen LogP contribution in [0.1, 0.15) is 13.8 Å². The molecule has 0 aliphatic heterocycles. The van der Waals surface area contributed by atoms with E-state index in [-0.39, 0.29) is 6.54 Å². The van der Waals surface area contributed by atoms with Crippen LogP contribution in [0.25, 0.3) is 0 Å². The summed E-state index contributed by atoms with van der Waals surface area (Å²) in [7, 11) is 0. The molecule has 0 spiro atoms. The Hall–Kier alpha value is -0.640. The zero-order chi connectivity index (χ0) is 7.98. The van der Waals surface area contributed by atoms with E-state index in [4.69, 9.17) is 0 Å². The molecule has 0 saturated carbocycles. The van der Waals surface area contributed by atoms with Gasteiger partial charge in [0.25, 0.3) is 0 Å². The molecule has 0 aliphatic rings. The van der Waals surface area contributed by atoms with Crippen molar-refractivity contribution in [2.75, 3.05) is 13.2 Å². The molecule has 4 heteroatoms. The third-order valence-electron chi connectivity index (χ3n) is 0.789. The van der Waals surface area contributed by atoms with E-state index >= 15 is 0 Å². The number of carbonyl (C=O) groups excluding carboxylic acids is 1. The van der Waals surface area contributed by atoms with Crippen molar-refractivity contribution in [1.29, 1.82) is 0 Å². The standard InChI is InChI=1S/C6H12FNO2/c1-5(2)4-10-6(9)3-8-7/h5,8H,3-4H2,1-2H3. The first-order chi connectivity index (χ1) is 4.66. The van der Waals surface area contributed by atoms with Crippen molar-refractivity contribution in [3.8, 4) is 0 Å². The van der Waals surface area contributed by atoms with Gasteiger partial charge in [-0.05, 0) is 5.92 Å². The van der Waals surface area contributed by atoms with Crippen molar-refractivity contribution in [1.82, 2.24) is 5.54 Å². The average molecular weight is 149 g/mol. The van der Waals surface area contributed by atoms with Crippen LogP contribution in [0.4, 0.5) is 4.48 Å². The Morgan fingerprint density at radius 1 is 1.70 bits per heavy atom. The molecule has 0 heterocycles. The Bertz CT molecular complexity index is 106. The number of halogens is 1. The van der Waals surface area contributed by atoms with E-state index < -0.39 is 5.97 Å². The smallest absolute Gasteiger partial charge is 0.322 e. The molecule has 0 aliphatic carbocycles. The normalized spacial score (nSPS) is 10.0. The van der Waals surface area contributed by atoms with Gasteiger partial charge in [-0.15, -0.1) is 10.0 Å². The maximum Gasteiger partial charge on any atom is 0.322 e. The number of rotatable bonds is 4. The number of esters is 1. The van der Waals surface area contributed by atoms with Gasteiger partial charge in [-0.2, -0.15) is 0 Å². The first-order valence-corrected chi connectivity index (χ1v) is 3.16. The van der Waals surface area contributed by atoms with Crippen LogP contribution < -0.4 is 5.54 Å². The summed E-state index contributed by atoms with van der Waals surface area (Å²) in [6.07, 6.45) is 0. The van der Waals surface area contributed by atoms with Gasteiger partial charge in [0.05, 0.1) is 6.61 Å². The van der Waals surface area contributed by atoms with Gasteiger partial charge >= 0.3 is 5.97 Å². The number of hydrogen-bond acceptors (Lipinski definition) is 3. The fourth-order valence-corrected chi connectivity index (χ4v) is 0.365. The van der Waals surface area contributed by atoms with Crippen LogP contribution in [0.2, 0.25) is 0 Å². The second kappa shape index (κ2) is 5.17. The highest BCUT2D eigenvalue weighted by atomic mass is 19.2. The lowest BCUT2D eigenvalue weighted by Gasteiger charge is -2.04. The second-order valence-electron chi connectivity index (χ2n) is 2.39. The van der Waals surface area contributed by atoms with Crippen molar-refractivity contribution in [2.45, 2.75) is 13.8 Å². The molecular weight excluding hydrogens is 137 g/mol. The summed E-state index contributed by atoms with van der Waals surface area (Å²) in [4.78, 5) is 10.4. The van der Waals surface area contributed by atoms with Crippen LogP contribution in [0.15, 0.2) is 0 Å². The van der Waals surface area contributed by atoms with Crippen molar-refractivity contribution in [3.63, 3.8) is 0 Å². The molecule has 1 N–H and O–H groups in total. The Labute approximate surface area is 59.5 Å². The summed E-state index contributed by atoms with van der Waals surface area (Å²) < 4.78 is 15.8. The highest BCUT2D eigenvalue weighted by molar-refractivity contribution is 5.71. The number of carbonyl (C=O) groups is 1. The minimum absolute atomic E-state index is 0.295. The van der Waals surface area contributed by atoms with Crippen LogP contribution in [0.5, 0.6) is 0 Å². The number of hydrogen-bond donors (Lipinski definition) is 1. The quantitative estimate of drug-likeness (QED) is 0.471. The maximum absolute atomic E-state index is 11.2. The molecule has 10 heavy (non-hydrogen) atoms. The molecule has 0 unspecified atom stereocenters. The summed E-state index contributed by atoms with van der Waals surface area (Å²) in [6.45, 7) is 3.81. The molecule has 0 rings (SSSR count). The highest BCUT2D eigenvalue weighted by Gasteiger charge is 2.01. The monoisotopic (exact) mass is 149 g/mol. The van der Waals surface area contributed by atoms with Crippen LogP contribution >= 0.6 is 0 Å². The van der Waals surface area contributed by atoms with E-state index in [2.05, 4.69) is 4.74 Å². The molecule has 0 aromatic carbocycles. The van der Waals surface area contributed by atoms with Crippen LogP contribution in [0.3, 0.4) is 0 Å². The van der Waals surface area contributed by atoms with Crippen LogP contribution in [-0.2, 0) is 9.53 Å². The topological polar surface area (TPSA) is 38.3 Å². The van der Waals surface area contributed by atoms with E-state index in [1.165, 1.54) is 5.54 Å². The molecule has 0 fully saturated rings. The summed E-state index contributed by atoms with van der Waals surface area (Å²) in [5.41, 5.74) is 1.22. The lowest BCUT2D eigenvalue weighted by atomic mass is 10.2. The van der Waals surface area contributed by atoms with Gasteiger partial charge < -0.3 is 4.74 Å². The minimum Gasteiger partial charge on any atom is -0.464 e. The average Bonchev–Trinajstić information content (AvgIpc) is 1.85. The summed E-state index contributed by atoms with van der Waals surface area (Å²) in [5.74, 6) is -0.264. The van der Waals surface area contributed by atoms with E-state index in [1.807, 2.05) is 13.8 Å². The predicted molar refractivity (Wildman–Crippen MR) is 34.9 cm³/mol. The number of nitrogens with one attached hydrogen (secondary N) is 1. The van der Waals surface area contributed by atoms with Crippen molar-refractivity contribution < 1.29 is 14.0 Å². The van der Waals surface area contributed by atoms with Crippen molar-refractivity contribution in [2.24, 2.45) is 5.92 Å².